The van der Waals surface area contributed by atoms with Gasteiger partial charge in [0.25, 0.3) is 0 Å². The van der Waals surface area contributed by atoms with E-state index >= 15 is 0 Å². The van der Waals surface area contributed by atoms with E-state index in [1.165, 1.54) is 17.2 Å². The van der Waals surface area contributed by atoms with Crippen LogP contribution in [0.1, 0.15) is 61.9 Å². The Kier molecular flexibility index (Phi) is 11.5. The van der Waals surface area contributed by atoms with Crippen molar-refractivity contribution in [1.29, 1.82) is 5.26 Å². The highest BCUT2D eigenvalue weighted by molar-refractivity contribution is 5.85. The molecule has 3 aromatic carbocycles. The van der Waals surface area contributed by atoms with E-state index in [2.05, 4.69) is 70.9 Å². The highest BCUT2D eigenvalue weighted by atomic mass is 16.2. The van der Waals surface area contributed by atoms with Crippen molar-refractivity contribution < 1.29 is 9.59 Å². The monoisotopic (exact) mass is 619 g/mol. The lowest BCUT2D eigenvalue weighted by Crippen LogP contribution is -2.52. The Morgan fingerprint density at radius 1 is 1.00 bits per heavy atom. The number of nitriles is 1. The lowest BCUT2D eigenvalue weighted by Gasteiger charge is -2.33. The first-order valence-electron chi connectivity index (χ1n) is 16.4. The number of piperidine rings is 1. The van der Waals surface area contributed by atoms with Gasteiger partial charge >= 0.3 is 0 Å². The zero-order chi connectivity index (χ0) is 32.3. The topological polar surface area (TPSA) is 106 Å². The van der Waals surface area contributed by atoms with Gasteiger partial charge in [-0.1, -0.05) is 81.3 Å². The molecule has 0 radical (unpaired) electrons. The number of nitrogens with zero attached hydrogens (tertiary/aromatic N) is 5. The summed E-state index contributed by atoms with van der Waals surface area (Å²) in [4.78, 5) is 33.4. The Morgan fingerprint density at radius 3 is 2.52 bits per heavy atom. The Balaban J connectivity index is 1.30. The summed E-state index contributed by atoms with van der Waals surface area (Å²) in [7, 11) is 0. The summed E-state index contributed by atoms with van der Waals surface area (Å²) in [6.07, 6.45) is 7.94. The molecule has 0 bridgehead atoms. The van der Waals surface area contributed by atoms with Crippen molar-refractivity contribution >= 4 is 22.6 Å². The number of rotatable bonds is 14. The summed E-state index contributed by atoms with van der Waals surface area (Å²) in [6, 6.07) is 24.1. The van der Waals surface area contributed by atoms with Gasteiger partial charge in [-0.05, 0) is 52.8 Å². The first-order valence-corrected chi connectivity index (χ1v) is 16.4. The van der Waals surface area contributed by atoms with Crippen LogP contribution in [0.25, 0.3) is 10.8 Å². The molecule has 5 rings (SSSR count). The van der Waals surface area contributed by atoms with Crippen LogP contribution in [0, 0.1) is 17.2 Å². The summed E-state index contributed by atoms with van der Waals surface area (Å²) >= 11 is 0. The molecule has 2 N–H and O–H groups in total. The van der Waals surface area contributed by atoms with E-state index in [9.17, 15) is 9.59 Å². The number of hydrogen-bond donors (Lipinski definition) is 2. The van der Waals surface area contributed by atoms with Crippen molar-refractivity contribution in [3.05, 3.63) is 102 Å². The molecule has 1 saturated heterocycles. The predicted octanol–water partition coefficient (Wildman–Crippen LogP) is 5.05. The van der Waals surface area contributed by atoms with Crippen molar-refractivity contribution in [2.75, 3.05) is 26.2 Å². The lowest BCUT2D eigenvalue weighted by molar-refractivity contribution is -0.127. The summed E-state index contributed by atoms with van der Waals surface area (Å²) in [6.45, 7) is 7.98. The van der Waals surface area contributed by atoms with Crippen LogP contribution in [0.15, 0.2) is 79.3 Å². The molecule has 2 amide bonds. The van der Waals surface area contributed by atoms with Gasteiger partial charge in [0.05, 0.1) is 30.9 Å². The second kappa shape index (κ2) is 16.2. The average Bonchev–Trinajstić information content (AvgIpc) is 3.50. The molecule has 9 heteroatoms. The molecule has 2 heterocycles. The largest absolute Gasteiger partial charge is 0.351 e. The highest BCUT2D eigenvalue weighted by Gasteiger charge is 2.25. The van der Waals surface area contributed by atoms with Gasteiger partial charge in [-0.2, -0.15) is 5.26 Å². The van der Waals surface area contributed by atoms with Crippen molar-refractivity contribution in [2.24, 2.45) is 5.92 Å². The molecule has 1 aliphatic rings. The number of amides is 2. The first kappa shape index (κ1) is 32.9. The first-order chi connectivity index (χ1) is 22.4. The SMILES string of the molecule is CCC(C)C(CN(CC(=O)NN1CCCCC1)Cc1cccc2ccccc12)NC(=O)Cc1cncn1Cc1ccc(C#N)cc1. The maximum Gasteiger partial charge on any atom is 0.248 e. The molecule has 1 aliphatic heterocycles. The molecular weight excluding hydrogens is 574 g/mol. The second-order valence-electron chi connectivity index (χ2n) is 12.4. The van der Waals surface area contributed by atoms with Gasteiger partial charge in [0, 0.05) is 50.7 Å². The van der Waals surface area contributed by atoms with E-state index in [1.54, 1.807) is 24.7 Å². The van der Waals surface area contributed by atoms with Crippen molar-refractivity contribution in [1.82, 2.24) is 30.2 Å². The van der Waals surface area contributed by atoms with Crippen LogP contribution in [0.5, 0.6) is 0 Å². The van der Waals surface area contributed by atoms with E-state index in [4.69, 9.17) is 5.26 Å². The summed E-state index contributed by atoms with van der Waals surface area (Å²) < 4.78 is 1.97. The molecule has 0 aliphatic carbocycles. The van der Waals surface area contributed by atoms with E-state index in [0.717, 1.165) is 49.2 Å². The molecule has 1 aromatic heterocycles. The van der Waals surface area contributed by atoms with Gasteiger partial charge in [-0.15, -0.1) is 0 Å². The normalized spacial score (nSPS) is 14.9. The molecule has 240 valence electrons. The molecule has 2 unspecified atom stereocenters. The zero-order valence-electron chi connectivity index (χ0n) is 27.0. The number of hydrogen-bond acceptors (Lipinski definition) is 6. The molecular formula is C37H45N7O2. The van der Waals surface area contributed by atoms with Crippen molar-refractivity contribution in [3.63, 3.8) is 0 Å². The zero-order valence-corrected chi connectivity index (χ0v) is 27.0. The number of carbonyl (C=O) groups excluding carboxylic acids is 2. The fourth-order valence-corrected chi connectivity index (χ4v) is 6.15. The molecule has 46 heavy (non-hydrogen) atoms. The number of carbonyl (C=O) groups is 2. The molecule has 0 saturated carbocycles. The van der Waals surface area contributed by atoms with Crippen molar-refractivity contribution in [2.45, 2.75) is 65.1 Å². The van der Waals surface area contributed by atoms with Gasteiger partial charge in [0.15, 0.2) is 0 Å². The number of fused-ring (bicyclic) bond motifs is 1. The van der Waals surface area contributed by atoms with Gasteiger partial charge in [-0.25, -0.2) is 9.99 Å². The fourth-order valence-electron chi connectivity index (χ4n) is 6.15. The Bertz CT molecular complexity index is 1630. The standard InChI is InChI=1S/C37H45N7O2/c1-3-28(2)35(40-36(45)20-33-22-39-27-43(33)23-30-16-14-29(21-38)15-17-30)25-42(26-37(46)41-44-18-7-4-8-19-44)24-32-12-9-11-31-10-5-6-13-34(31)32/h5-6,9-17,22,27-28,35H,3-4,7-8,18-20,23-26H2,1-2H3,(H,40,45)(H,41,46). The van der Waals surface area contributed by atoms with Crippen molar-refractivity contribution in [3.8, 4) is 6.07 Å². The number of nitrogens with one attached hydrogen (secondary N) is 2. The predicted molar refractivity (Wildman–Crippen MR) is 180 cm³/mol. The number of imidazole rings is 1. The maximum absolute atomic E-state index is 13.5. The lowest BCUT2D eigenvalue weighted by atomic mass is 9.97. The van der Waals surface area contributed by atoms with E-state index < -0.39 is 0 Å². The minimum Gasteiger partial charge on any atom is -0.351 e. The van der Waals surface area contributed by atoms with Crippen LogP contribution in [-0.4, -0.2) is 63.5 Å². The minimum absolute atomic E-state index is 0.0249. The third-order valence-electron chi connectivity index (χ3n) is 8.99. The van der Waals surface area contributed by atoms with E-state index in [1.807, 2.05) is 33.8 Å². The maximum atomic E-state index is 13.5. The molecule has 4 aromatic rings. The Hall–Kier alpha value is -4.52. The van der Waals surface area contributed by atoms with Crippen LogP contribution < -0.4 is 10.7 Å². The van der Waals surface area contributed by atoms with E-state index in [-0.39, 0.29) is 36.7 Å². The number of aromatic nitrogens is 2. The summed E-state index contributed by atoms with van der Waals surface area (Å²) in [5, 5.41) is 16.8. The van der Waals surface area contributed by atoms with Gasteiger partial charge in [0.1, 0.15) is 0 Å². The minimum atomic E-state index is -0.148. The molecule has 9 nitrogen and oxygen atoms in total. The molecule has 2 atom stereocenters. The highest BCUT2D eigenvalue weighted by Crippen LogP contribution is 2.21. The summed E-state index contributed by atoms with van der Waals surface area (Å²) in [5.74, 6) is 0.102. The Labute approximate surface area is 272 Å². The van der Waals surface area contributed by atoms with Gasteiger partial charge < -0.3 is 9.88 Å². The molecule has 1 fully saturated rings. The van der Waals surface area contributed by atoms with Gasteiger partial charge in [-0.3, -0.25) is 19.9 Å². The van der Waals surface area contributed by atoms with E-state index in [0.29, 0.717) is 25.2 Å². The smallest absolute Gasteiger partial charge is 0.248 e. The van der Waals surface area contributed by atoms with Crippen LogP contribution in [0.3, 0.4) is 0 Å². The number of hydrazine groups is 1. The third-order valence-corrected chi connectivity index (χ3v) is 8.99. The van der Waals surface area contributed by atoms with Crippen LogP contribution in [0.2, 0.25) is 0 Å². The van der Waals surface area contributed by atoms with Crippen LogP contribution in [-0.2, 0) is 29.1 Å². The average molecular weight is 620 g/mol. The van der Waals surface area contributed by atoms with Crippen LogP contribution in [0.4, 0.5) is 0 Å². The van der Waals surface area contributed by atoms with Gasteiger partial charge in [0.2, 0.25) is 11.8 Å². The molecule has 0 spiro atoms. The number of benzene rings is 3. The third kappa shape index (κ3) is 9.03. The summed E-state index contributed by atoms with van der Waals surface area (Å²) in [5.41, 5.74) is 6.75. The fraction of sp³-hybridized carbons (Fsp3) is 0.405. The quantitative estimate of drug-likeness (QED) is 0.205. The second-order valence-corrected chi connectivity index (χ2v) is 12.4. The van der Waals surface area contributed by atoms with Crippen LogP contribution >= 0.6 is 0 Å². The Morgan fingerprint density at radius 2 is 1.76 bits per heavy atom.